The molecular formula is C10H13NO3S. The molecular weight excluding hydrogens is 214 g/mol. The Hall–Kier alpha value is -1.36. The van der Waals surface area contributed by atoms with Gasteiger partial charge < -0.3 is 15.2 Å². The van der Waals surface area contributed by atoms with E-state index >= 15 is 0 Å². The zero-order valence-corrected chi connectivity index (χ0v) is 9.04. The predicted octanol–water partition coefficient (Wildman–Crippen LogP) is 1.76. The molecule has 0 bridgehead atoms. The molecule has 0 aliphatic rings. The van der Waals surface area contributed by atoms with Gasteiger partial charge in [-0.15, -0.1) is 0 Å². The number of hydrogen-bond donors (Lipinski definition) is 3. The van der Waals surface area contributed by atoms with Crippen molar-refractivity contribution in [3.63, 3.8) is 0 Å². The van der Waals surface area contributed by atoms with Crippen molar-refractivity contribution in [1.82, 2.24) is 5.32 Å². The smallest absolute Gasteiger partial charge is 0.404 e. The monoisotopic (exact) mass is 227 g/mol. The molecule has 0 aromatic heterocycles. The molecule has 1 aromatic rings. The van der Waals surface area contributed by atoms with Crippen LogP contribution in [0.5, 0.6) is 5.75 Å². The first kappa shape index (κ1) is 11.7. The van der Waals surface area contributed by atoms with Gasteiger partial charge in [0.15, 0.2) is 0 Å². The quantitative estimate of drug-likeness (QED) is 0.530. The van der Waals surface area contributed by atoms with E-state index in [4.69, 9.17) is 9.84 Å². The Balaban J connectivity index is 2.33. The fourth-order valence-electron chi connectivity index (χ4n) is 1.06. The van der Waals surface area contributed by atoms with Crippen molar-refractivity contribution in [2.75, 3.05) is 13.2 Å². The minimum absolute atomic E-state index is 0.278. The first-order valence-corrected chi connectivity index (χ1v) is 5.15. The van der Waals surface area contributed by atoms with E-state index < -0.39 is 6.09 Å². The van der Waals surface area contributed by atoms with Crippen LogP contribution in [0, 0.1) is 0 Å². The van der Waals surface area contributed by atoms with Gasteiger partial charge >= 0.3 is 6.09 Å². The summed E-state index contributed by atoms with van der Waals surface area (Å²) in [6, 6.07) is 7.54. The van der Waals surface area contributed by atoms with E-state index in [9.17, 15) is 4.79 Å². The van der Waals surface area contributed by atoms with Crippen LogP contribution in [0.25, 0.3) is 0 Å². The SMILES string of the molecule is O=C(O)NCCOc1cccc(CS)c1. The van der Waals surface area contributed by atoms with Gasteiger partial charge in [0.25, 0.3) is 0 Å². The second-order valence-corrected chi connectivity index (χ2v) is 3.20. The first-order valence-electron chi connectivity index (χ1n) is 4.52. The Morgan fingerprint density at radius 2 is 2.33 bits per heavy atom. The van der Waals surface area contributed by atoms with Gasteiger partial charge in [0, 0.05) is 5.75 Å². The van der Waals surface area contributed by atoms with Crippen LogP contribution in [0.1, 0.15) is 5.56 Å². The lowest BCUT2D eigenvalue weighted by Gasteiger charge is -2.06. The van der Waals surface area contributed by atoms with Crippen LogP contribution in [0.2, 0.25) is 0 Å². The minimum Gasteiger partial charge on any atom is -0.492 e. The molecule has 2 N–H and O–H groups in total. The molecule has 5 heteroatoms. The van der Waals surface area contributed by atoms with E-state index in [0.717, 1.165) is 11.3 Å². The summed E-state index contributed by atoms with van der Waals surface area (Å²) in [5.74, 6) is 1.39. The second kappa shape index (κ2) is 6.19. The topological polar surface area (TPSA) is 58.6 Å². The predicted molar refractivity (Wildman–Crippen MR) is 60.7 cm³/mol. The van der Waals surface area contributed by atoms with Crippen LogP contribution in [0.3, 0.4) is 0 Å². The van der Waals surface area contributed by atoms with Gasteiger partial charge in [-0.1, -0.05) is 12.1 Å². The van der Waals surface area contributed by atoms with Crippen molar-refractivity contribution in [1.29, 1.82) is 0 Å². The summed E-state index contributed by atoms with van der Waals surface area (Å²) in [6.07, 6.45) is -1.04. The molecule has 0 saturated carbocycles. The highest BCUT2D eigenvalue weighted by atomic mass is 32.1. The van der Waals surface area contributed by atoms with E-state index in [0.29, 0.717) is 12.4 Å². The molecule has 1 aromatic carbocycles. The summed E-state index contributed by atoms with van der Waals surface area (Å²) < 4.78 is 5.34. The summed E-state index contributed by atoms with van der Waals surface area (Å²) in [5.41, 5.74) is 1.07. The fraction of sp³-hybridized carbons (Fsp3) is 0.300. The number of benzene rings is 1. The Morgan fingerprint density at radius 1 is 1.53 bits per heavy atom. The lowest BCUT2D eigenvalue weighted by molar-refractivity contribution is 0.191. The number of carboxylic acid groups (broad SMARTS) is 1. The average Bonchev–Trinajstić information content (AvgIpc) is 2.24. The van der Waals surface area contributed by atoms with Gasteiger partial charge in [0.1, 0.15) is 12.4 Å². The van der Waals surface area contributed by atoms with Gasteiger partial charge in [-0.05, 0) is 17.7 Å². The van der Waals surface area contributed by atoms with Crippen LogP contribution in [0.15, 0.2) is 24.3 Å². The lowest BCUT2D eigenvalue weighted by Crippen LogP contribution is -2.26. The zero-order valence-electron chi connectivity index (χ0n) is 8.14. The zero-order chi connectivity index (χ0) is 11.1. The average molecular weight is 227 g/mol. The molecule has 0 fully saturated rings. The van der Waals surface area contributed by atoms with Gasteiger partial charge in [0.05, 0.1) is 6.54 Å². The summed E-state index contributed by atoms with van der Waals surface area (Å²) in [7, 11) is 0. The Labute approximate surface area is 93.7 Å². The molecule has 1 amide bonds. The molecule has 1 rings (SSSR count). The Kier molecular flexibility index (Phi) is 4.83. The normalized spacial score (nSPS) is 9.67. The summed E-state index contributed by atoms with van der Waals surface area (Å²) >= 11 is 4.15. The van der Waals surface area contributed by atoms with Crippen molar-refractivity contribution in [2.45, 2.75) is 5.75 Å². The minimum atomic E-state index is -1.04. The third kappa shape index (κ3) is 4.60. The molecule has 0 spiro atoms. The second-order valence-electron chi connectivity index (χ2n) is 2.89. The van der Waals surface area contributed by atoms with E-state index in [1.54, 1.807) is 0 Å². The van der Waals surface area contributed by atoms with Crippen molar-refractivity contribution in [3.8, 4) is 5.75 Å². The van der Waals surface area contributed by atoms with Crippen LogP contribution in [0.4, 0.5) is 4.79 Å². The van der Waals surface area contributed by atoms with Gasteiger partial charge in [-0.3, -0.25) is 0 Å². The Bertz CT molecular complexity index is 330. The molecule has 0 aliphatic carbocycles. The van der Waals surface area contributed by atoms with E-state index in [2.05, 4.69) is 17.9 Å². The standard InChI is InChI=1S/C10H13NO3S/c12-10(13)11-4-5-14-9-3-1-2-8(6-9)7-15/h1-3,6,11,15H,4-5,7H2,(H,12,13). The van der Waals surface area contributed by atoms with E-state index in [1.807, 2.05) is 24.3 Å². The van der Waals surface area contributed by atoms with Crippen LogP contribution in [-0.2, 0) is 5.75 Å². The van der Waals surface area contributed by atoms with Crippen LogP contribution >= 0.6 is 12.6 Å². The highest BCUT2D eigenvalue weighted by Gasteiger charge is 1.96. The lowest BCUT2D eigenvalue weighted by atomic mass is 10.2. The molecule has 0 radical (unpaired) electrons. The highest BCUT2D eigenvalue weighted by molar-refractivity contribution is 7.79. The number of hydrogen-bond acceptors (Lipinski definition) is 3. The maximum atomic E-state index is 10.1. The van der Waals surface area contributed by atoms with E-state index in [1.165, 1.54) is 0 Å². The summed E-state index contributed by atoms with van der Waals surface area (Å²) in [5, 5.41) is 10.5. The first-order chi connectivity index (χ1) is 7.22. The molecule has 0 aliphatic heterocycles. The number of ether oxygens (including phenoxy) is 1. The van der Waals surface area contributed by atoms with Crippen molar-refractivity contribution < 1.29 is 14.6 Å². The van der Waals surface area contributed by atoms with Crippen LogP contribution in [-0.4, -0.2) is 24.4 Å². The van der Waals surface area contributed by atoms with Crippen LogP contribution < -0.4 is 10.1 Å². The van der Waals surface area contributed by atoms with Gasteiger partial charge in [-0.25, -0.2) is 4.79 Å². The largest absolute Gasteiger partial charge is 0.492 e. The molecule has 82 valence electrons. The van der Waals surface area contributed by atoms with Crippen molar-refractivity contribution in [2.24, 2.45) is 0 Å². The number of nitrogens with one attached hydrogen (secondary N) is 1. The fourth-order valence-corrected chi connectivity index (χ4v) is 1.26. The molecule has 0 saturated heterocycles. The van der Waals surface area contributed by atoms with Gasteiger partial charge in [0.2, 0.25) is 0 Å². The maximum Gasteiger partial charge on any atom is 0.404 e. The molecule has 4 nitrogen and oxygen atoms in total. The summed E-state index contributed by atoms with van der Waals surface area (Å²) in [6.45, 7) is 0.600. The summed E-state index contributed by atoms with van der Waals surface area (Å²) in [4.78, 5) is 10.1. The van der Waals surface area contributed by atoms with E-state index in [-0.39, 0.29) is 6.54 Å². The Morgan fingerprint density at radius 3 is 3.00 bits per heavy atom. The number of carbonyl (C=O) groups is 1. The number of rotatable bonds is 5. The molecule has 0 unspecified atom stereocenters. The highest BCUT2D eigenvalue weighted by Crippen LogP contribution is 2.14. The maximum absolute atomic E-state index is 10.1. The van der Waals surface area contributed by atoms with Gasteiger partial charge in [-0.2, -0.15) is 12.6 Å². The van der Waals surface area contributed by atoms with Crippen molar-refractivity contribution in [3.05, 3.63) is 29.8 Å². The third-order valence-corrected chi connectivity index (χ3v) is 2.09. The number of thiol groups is 1. The van der Waals surface area contributed by atoms with Crippen molar-refractivity contribution >= 4 is 18.7 Å². The molecule has 0 atom stereocenters. The molecule has 0 heterocycles. The number of amides is 1. The third-order valence-electron chi connectivity index (χ3n) is 1.73. The molecule has 15 heavy (non-hydrogen) atoms.